The van der Waals surface area contributed by atoms with Crippen molar-refractivity contribution < 1.29 is 9.47 Å². The first kappa shape index (κ1) is 18.9. The highest BCUT2D eigenvalue weighted by Gasteiger charge is 2.39. The standard InChI is InChI=1S/C22H25N3O2.ClH/c1-2-6-12-22(11-5-1)21(24-17-7-3-4-8-18(17)25-22)23-14-16-9-10-19-20(13-16)27-15-26-19;/h3-4,7-10,13,25H,1-2,5-6,11-12,14-15H2,(H,23,24);1H. The van der Waals surface area contributed by atoms with Gasteiger partial charge in [0.2, 0.25) is 6.79 Å². The van der Waals surface area contributed by atoms with Crippen LogP contribution in [0.1, 0.15) is 44.1 Å². The zero-order valence-corrected chi connectivity index (χ0v) is 16.7. The molecule has 2 N–H and O–H groups in total. The number of anilines is 2. The first-order chi connectivity index (χ1) is 13.3. The van der Waals surface area contributed by atoms with Crippen LogP contribution in [0.2, 0.25) is 0 Å². The number of amidine groups is 1. The molecule has 3 aliphatic rings. The van der Waals surface area contributed by atoms with E-state index < -0.39 is 0 Å². The topological polar surface area (TPSA) is 54.9 Å². The minimum Gasteiger partial charge on any atom is -0.454 e. The van der Waals surface area contributed by atoms with Gasteiger partial charge in [-0.2, -0.15) is 0 Å². The van der Waals surface area contributed by atoms with Crippen LogP contribution in [0.15, 0.2) is 47.5 Å². The SMILES string of the molecule is Cl.c1ccc2c(c1)NC(=NCc1ccc3c(c1)OCO3)C1(CCCCCC1)N2. The molecule has 0 radical (unpaired) electrons. The highest BCUT2D eigenvalue weighted by molar-refractivity contribution is 6.09. The number of para-hydroxylation sites is 2. The third kappa shape index (κ3) is 3.51. The molecule has 148 valence electrons. The zero-order valence-electron chi connectivity index (χ0n) is 15.9. The summed E-state index contributed by atoms with van der Waals surface area (Å²) in [5.41, 5.74) is 3.34. The molecule has 5 nitrogen and oxygen atoms in total. The van der Waals surface area contributed by atoms with E-state index in [1.807, 2.05) is 12.1 Å². The van der Waals surface area contributed by atoms with Gasteiger partial charge in [-0.15, -0.1) is 12.4 Å². The molecule has 2 aromatic carbocycles. The molecule has 2 aromatic rings. The molecule has 28 heavy (non-hydrogen) atoms. The Morgan fingerprint density at radius 2 is 1.64 bits per heavy atom. The van der Waals surface area contributed by atoms with Gasteiger partial charge in [0.05, 0.1) is 23.5 Å². The molecule has 0 atom stereocenters. The molecule has 1 saturated carbocycles. The quantitative estimate of drug-likeness (QED) is 0.713. The normalized spacial score (nSPS) is 20.5. The predicted molar refractivity (Wildman–Crippen MR) is 115 cm³/mol. The molecule has 1 aliphatic carbocycles. The van der Waals surface area contributed by atoms with E-state index >= 15 is 0 Å². The smallest absolute Gasteiger partial charge is 0.231 e. The van der Waals surface area contributed by atoms with Crippen LogP contribution in [0.4, 0.5) is 11.4 Å². The third-order valence-electron chi connectivity index (χ3n) is 5.82. The number of hydrogen-bond donors (Lipinski definition) is 2. The molecule has 2 aliphatic heterocycles. The van der Waals surface area contributed by atoms with Gasteiger partial charge in [0.15, 0.2) is 11.5 Å². The zero-order chi connectivity index (χ0) is 18.1. The number of halogens is 1. The summed E-state index contributed by atoms with van der Waals surface area (Å²) >= 11 is 0. The van der Waals surface area contributed by atoms with E-state index in [0.29, 0.717) is 13.3 Å². The first-order valence-corrected chi connectivity index (χ1v) is 9.90. The van der Waals surface area contributed by atoms with Crippen LogP contribution in [0.25, 0.3) is 0 Å². The fourth-order valence-electron chi connectivity index (χ4n) is 4.36. The fraction of sp³-hybridized carbons (Fsp3) is 0.409. The maximum absolute atomic E-state index is 5.51. The van der Waals surface area contributed by atoms with Crippen LogP contribution >= 0.6 is 12.4 Å². The van der Waals surface area contributed by atoms with E-state index in [4.69, 9.17) is 14.5 Å². The summed E-state index contributed by atoms with van der Waals surface area (Å²) in [7, 11) is 0. The van der Waals surface area contributed by atoms with Crippen molar-refractivity contribution in [1.82, 2.24) is 0 Å². The lowest BCUT2D eigenvalue weighted by Crippen LogP contribution is -2.52. The lowest BCUT2D eigenvalue weighted by molar-refractivity contribution is 0.174. The van der Waals surface area contributed by atoms with E-state index in [1.165, 1.54) is 31.4 Å². The average molecular weight is 400 g/mol. The van der Waals surface area contributed by atoms with Crippen molar-refractivity contribution in [2.45, 2.75) is 50.6 Å². The van der Waals surface area contributed by atoms with Crippen LogP contribution in [-0.2, 0) is 6.54 Å². The summed E-state index contributed by atoms with van der Waals surface area (Å²) in [5, 5.41) is 7.48. The summed E-state index contributed by atoms with van der Waals surface area (Å²) in [5.74, 6) is 2.70. The Kier molecular flexibility index (Phi) is 5.36. The molecule has 5 rings (SSSR count). The second kappa shape index (κ2) is 7.92. The van der Waals surface area contributed by atoms with Crippen LogP contribution in [0.3, 0.4) is 0 Å². The van der Waals surface area contributed by atoms with Gasteiger partial charge in [-0.1, -0.05) is 43.9 Å². The monoisotopic (exact) mass is 399 g/mol. The Morgan fingerprint density at radius 1 is 0.893 bits per heavy atom. The van der Waals surface area contributed by atoms with Crippen LogP contribution in [0.5, 0.6) is 11.5 Å². The van der Waals surface area contributed by atoms with Crippen molar-refractivity contribution in [3.05, 3.63) is 48.0 Å². The molecule has 0 unspecified atom stereocenters. The highest BCUT2D eigenvalue weighted by atomic mass is 35.5. The van der Waals surface area contributed by atoms with Crippen LogP contribution in [0, 0.1) is 0 Å². The van der Waals surface area contributed by atoms with E-state index in [0.717, 1.165) is 41.4 Å². The van der Waals surface area contributed by atoms with Gasteiger partial charge >= 0.3 is 0 Å². The average Bonchev–Trinajstić information content (AvgIpc) is 3.05. The predicted octanol–water partition coefficient (Wildman–Crippen LogP) is 5.37. The van der Waals surface area contributed by atoms with Gasteiger partial charge in [-0.3, -0.25) is 4.99 Å². The van der Waals surface area contributed by atoms with Gasteiger partial charge in [0.25, 0.3) is 0 Å². The van der Waals surface area contributed by atoms with Gasteiger partial charge in [0.1, 0.15) is 5.84 Å². The Morgan fingerprint density at radius 3 is 2.46 bits per heavy atom. The second-order valence-corrected chi connectivity index (χ2v) is 7.64. The van der Waals surface area contributed by atoms with Crippen molar-refractivity contribution in [3.63, 3.8) is 0 Å². The van der Waals surface area contributed by atoms with E-state index in [1.54, 1.807) is 0 Å². The maximum atomic E-state index is 5.51. The summed E-state index contributed by atoms with van der Waals surface area (Å²) in [6.07, 6.45) is 7.32. The van der Waals surface area contributed by atoms with Gasteiger partial charge in [-0.25, -0.2) is 0 Å². The summed E-state index contributed by atoms with van der Waals surface area (Å²) < 4.78 is 10.9. The molecule has 0 amide bonds. The van der Waals surface area contributed by atoms with Crippen LogP contribution in [-0.4, -0.2) is 18.2 Å². The Balaban J connectivity index is 0.00000192. The number of benzene rings is 2. The molecule has 0 aromatic heterocycles. The molecular weight excluding hydrogens is 374 g/mol. The summed E-state index contributed by atoms with van der Waals surface area (Å²) in [6, 6.07) is 14.5. The lowest BCUT2D eigenvalue weighted by atomic mass is 9.86. The number of hydrogen-bond acceptors (Lipinski definition) is 4. The molecular formula is C22H26ClN3O2. The number of rotatable bonds is 2. The molecule has 0 bridgehead atoms. The summed E-state index contributed by atoms with van der Waals surface area (Å²) in [6.45, 7) is 0.934. The third-order valence-corrected chi connectivity index (χ3v) is 5.82. The minimum absolute atomic E-state index is 0. The van der Waals surface area contributed by atoms with Crippen molar-refractivity contribution in [2.24, 2.45) is 4.99 Å². The van der Waals surface area contributed by atoms with E-state index in [9.17, 15) is 0 Å². The fourth-order valence-corrected chi connectivity index (χ4v) is 4.36. The summed E-state index contributed by atoms with van der Waals surface area (Å²) in [4.78, 5) is 5.04. The van der Waals surface area contributed by atoms with Gasteiger partial charge in [0, 0.05) is 0 Å². The Hall–Kier alpha value is -2.40. The number of ether oxygens (including phenoxy) is 2. The lowest BCUT2D eigenvalue weighted by Gasteiger charge is -2.41. The Labute approximate surface area is 171 Å². The number of aliphatic imine (C=N–C) groups is 1. The van der Waals surface area contributed by atoms with Gasteiger partial charge in [-0.05, 0) is 42.7 Å². The number of fused-ring (bicyclic) bond motifs is 2. The largest absolute Gasteiger partial charge is 0.454 e. The first-order valence-electron chi connectivity index (χ1n) is 9.90. The van der Waals surface area contributed by atoms with Gasteiger partial charge < -0.3 is 20.1 Å². The van der Waals surface area contributed by atoms with Crippen molar-refractivity contribution in [2.75, 3.05) is 17.4 Å². The van der Waals surface area contributed by atoms with Crippen molar-refractivity contribution in [1.29, 1.82) is 0 Å². The van der Waals surface area contributed by atoms with Crippen LogP contribution < -0.4 is 20.1 Å². The highest BCUT2D eigenvalue weighted by Crippen LogP contribution is 2.39. The second-order valence-electron chi connectivity index (χ2n) is 7.64. The van der Waals surface area contributed by atoms with E-state index in [2.05, 4.69) is 41.0 Å². The van der Waals surface area contributed by atoms with Crippen molar-refractivity contribution in [3.8, 4) is 11.5 Å². The molecule has 2 heterocycles. The molecule has 1 fully saturated rings. The number of nitrogens with zero attached hydrogens (tertiary/aromatic N) is 1. The molecule has 6 heteroatoms. The Bertz CT molecular complexity index is 876. The minimum atomic E-state index is -0.0822. The van der Waals surface area contributed by atoms with Crippen molar-refractivity contribution >= 4 is 29.6 Å². The molecule has 0 saturated heterocycles. The number of nitrogens with one attached hydrogen (secondary N) is 2. The molecule has 1 spiro atoms. The maximum Gasteiger partial charge on any atom is 0.231 e. The van der Waals surface area contributed by atoms with E-state index in [-0.39, 0.29) is 17.9 Å².